The van der Waals surface area contributed by atoms with Gasteiger partial charge in [0, 0.05) is 50.3 Å². The lowest BCUT2D eigenvalue weighted by Gasteiger charge is -2.35. The Hall–Kier alpha value is -2.04. The Bertz CT molecular complexity index is 558. The van der Waals surface area contributed by atoms with E-state index >= 15 is 0 Å². The Morgan fingerprint density at radius 1 is 1.42 bits per heavy atom. The van der Waals surface area contributed by atoms with Crippen molar-refractivity contribution in [3.63, 3.8) is 0 Å². The highest BCUT2D eigenvalue weighted by atomic mass is 16.2. The van der Waals surface area contributed by atoms with Crippen molar-refractivity contribution in [1.82, 2.24) is 19.0 Å². The molecule has 2 aromatic heterocycles. The number of amides is 1. The minimum Gasteiger partial charge on any atom is -0.348 e. The molecule has 1 atom stereocenters. The number of carbonyl (C=O) groups is 1. The summed E-state index contributed by atoms with van der Waals surface area (Å²) in [6.45, 7) is 4.48. The van der Waals surface area contributed by atoms with Crippen LogP contribution in [0.2, 0.25) is 0 Å². The largest absolute Gasteiger partial charge is 0.348 e. The Balaban J connectivity index is 1.65. The first-order valence-electron chi connectivity index (χ1n) is 6.66. The van der Waals surface area contributed by atoms with Crippen molar-refractivity contribution in [2.24, 2.45) is 0 Å². The van der Waals surface area contributed by atoms with E-state index in [1.807, 2.05) is 21.7 Å². The molecule has 0 radical (unpaired) electrons. The third-order valence-corrected chi connectivity index (χ3v) is 3.81. The fraction of sp³-hybridized carbons (Fsp3) is 0.429. The van der Waals surface area contributed by atoms with Crippen molar-refractivity contribution in [2.45, 2.75) is 32.5 Å². The summed E-state index contributed by atoms with van der Waals surface area (Å²) in [5.41, 5.74) is 1.22. The highest BCUT2D eigenvalue weighted by Crippen LogP contribution is 2.25. The van der Waals surface area contributed by atoms with Crippen LogP contribution in [0.1, 0.15) is 25.1 Å². The fourth-order valence-corrected chi connectivity index (χ4v) is 2.71. The summed E-state index contributed by atoms with van der Waals surface area (Å²) in [5, 5.41) is 0. The van der Waals surface area contributed by atoms with Crippen LogP contribution in [0, 0.1) is 0 Å². The zero-order valence-electron chi connectivity index (χ0n) is 11.1. The number of aryl methyl sites for hydroxylation is 1. The first-order chi connectivity index (χ1) is 9.25. The summed E-state index contributed by atoms with van der Waals surface area (Å²) in [7, 11) is 0. The molecule has 3 heterocycles. The van der Waals surface area contributed by atoms with Gasteiger partial charge in [-0.15, -0.1) is 0 Å². The topological polar surface area (TPSA) is 43.1 Å². The maximum absolute atomic E-state index is 12.3. The van der Waals surface area contributed by atoms with Gasteiger partial charge in [-0.25, -0.2) is 4.98 Å². The molecular formula is C14H18N4O. The Morgan fingerprint density at radius 2 is 2.32 bits per heavy atom. The lowest BCUT2D eigenvalue weighted by Crippen LogP contribution is -2.40. The van der Waals surface area contributed by atoms with Gasteiger partial charge in [0.1, 0.15) is 0 Å². The average Bonchev–Trinajstić information content (AvgIpc) is 3.07. The van der Waals surface area contributed by atoms with Gasteiger partial charge in [-0.05, 0) is 19.1 Å². The van der Waals surface area contributed by atoms with Crippen molar-refractivity contribution in [3.8, 4) is 0 Å². The number of carbonyl (C=O) groups excluding carboxylic acids is 1. The van der Waals surface area contributed by atoms with Gasteiger partial charge in [0.2, 0.25) is 5.91 Å². The van der Waals surface area contributed by atoms with Crippen LogP contribution in [0.5, 0.6) is 0 Å². The van der Waals surface area contributed by atoms with E-state index in [0.29, 0.717) is 13.0 Å². The average molecular weight is 258 g/mol. The molecule has 3 rings (SSSR count). The number of aromatic nitrogens is 3. The summed E-state index contributed by atoms with van der Waals surface area (Å²) in [6.07, 6.45) is 7.98. The quantitative estimate of drug-likeness (QED) is 0.840. The number of rotatable bonds is 3. The standard InChI is InChI=1S/C14H18N4O/c1-12-13-3-2-6-17(13)9-10-18(12)14(19)4-7-16-8-5-15-11-16/h2-3,5-6,8,11-12H,4,7,9-10H2,1H3. The molecular weight excluding hydrogens is 240 g/mol. The SMILES string of the molecule is CC1c2cccn2CCN1C(=O)CCn1ccnc1. The van der Waals surface area contributed by atoms with Gasteiger partial charge < -0.3 is 14.0 Å². The number of fused-ring (bicyclic) bond motifs is 1. The first kappa shape index (κ1) is 12.0. The van der Waals surface area contributed by atoms with Gasteiger partial charge in [-0.2, -0.15) is 0 Å². The molecule has 0 aliphatic carbocycles. The third-order valence-electron chi connectivity index (χ3n) is 3.81. The highest BCUT2D eigenvalue weighted by molar-refractivity contribution is 5.76. The van der Waals surface area contributed by atoms with Crippen LogP contribution in [0.3, 0.4) is 0 Å². The number of hydrogen-bond donors (Lipinski definition) is 0. The summed E-state index contributed by atoms with van der Waals surface area (Å²) >= 11 is 0. The molecule has 19 heavy (non-hydrogen) atoms. The van der Waals surface area contributed by atoms with E-state index in [2.05, 4.69) is 28.7 Å². The molecule has 0 bridgehead atoms. The summed E-state index contributed by atoms with van der Waals surface area (Å²) in [5.74, 6) is 0.216. The minimum absolute atomic E-state index is 0.166. The van der Waals surface area contributed by atoms with E-state index in [0.717, 1.165) is 13.1 Å². The van der Waals surface area contributed by atoms with Crippen molar-refractivity contribution in [1.29, 1.82) is 0 Å². The number of imidazole rings is 1. The second-order valence-corrected chi connectivity index (χ2v) is 4.94. The molecule has 0 N–H and O–H groups in total. The second-order valence-electron chi connectivity index (χ2n) is 4.94. The van der Waals surface area contributed by atoms with E-state index in [1.165, 1.54) is 5.69 Å². The molecule has 1 aliphatic heterocycles. The molecule has 5 heteroatoms. The molecule has 0 fully saturated rings. The molecule has 1 aliphatic rings. The van der Waals surface area contributed by atoms with Gasteiger partial charge in [-0.1, -0.05) is 0 Å². The van der Waals surface area contributed by atoms with Crippen LogP contribution in [0.15, 0.2) is 37.1 Å². The lowest BCUT2D eigenvalue weighted by molar-refractivity contribution is -0.134. The van der Waals surface area contributed by atoms with E-state index in [4.69, 9.17) is 0 Å². The normalized spacial score (nSPS) is 18.4. The van der Waals surface area contributed by atoms with E-state index in [-0.39, 0.29) is 11.9 Å². The molecule has 2 aromatic rings. The zero-order valence-corrected chi connectivity index (χ0v) is 11.1. The van der Waals surface area contributed by atoms with Crippen LogP contribution >= 0.6 is 0 Å². The summed E-state index contributed by atoms with van der Waals surface area (Å²) in [6, 6.07) is 4.31. The van der Waals surface area contributed by atoms with E-state index < -0.39 is 0 Å². The van der Waals surface area contributed by atoms with Gasteiger partial charge in [-0.3, -0.25) is 4.79 Å². The molecule has 0 saturated carbocycles. The van der Waals surface area contributed by atoms with Gasteiger partial charge >= 0.3 is 0 Å². The predicted molar refractivity (Wildman–Crippen MR) is 71.4 cm³/mol. The molecule has 0 spiro atoms. The third kappa shape index (κ3) is 2.28. The second kappa shape index (κ2) is 4.91. The Labute approximate surface area is 112 Å². The van der Waals surface area contributed by atoms with Crippen molar-refractivity contribution in [3.05, 3.63) is 42.7 Å². The highest BCUT2D eigenvalue weighted by Gasteiger charge is 2.26. The van der Waals surface area contributed by atoms with Crippen molar-refractivity contribution < 1.29 is 4.79 Å². The molecule has 5 nitrogen and oxygen atoms in total. The number of hydrogen-bond acceptors (Lipinski definition) is 2. The maximum atomic E-state index is 12.3. The predicted octanol–water partition coefficient (Wildman–Crippen LogP) is 1.68. The van der Waals surface area contributed by atoms with E-state index in [9.17, 15) is 4.79 Å². The number of nitrogens with zero attached hydrogens (tertiary/aromatic N) is 4. The van der Waals surface area contributed by atoms with Crippen molar-refractivity contribution >= 4 is 5.91 Å². The molecule has 1 unspecified atom stereocenters. The maximum Gasteiger partial charge on any atom is 0.224 e. The van der Waals surface area contributed by atoms with Crippen LogP contribution in [0.25, 0.3) is 0 Å². The van der Waals surface area contributed by atoms with Crippen LogP contribution in [-0.4, -0.2) is 31.5 Å². The molecule has 0 aromatic carbocycles. The lowest BCUT2D eigenvalue weighted by atomic mass is 10.1. The van der Waals surface area contributed by atoms with Crippen LogP contribution < -0.4 is 0 Å². The van der Waals surface area contributed by atoms with Gasteiger partial charge in [0.15, 0.2) is 0 Å². The van der Waals surface area contributed by atoms with Gasteiger partial charge in [0.25, 0.3) is 0 Å². The van der Waals surface area contributed by atoms with Crippen LogP contribution in [-0.2, 0) is 17.9 Å². The fourth-order valence-electron chi connectivity index (χ4n) is 2.71. The monoisotopic (exact) mass is 258 g/mol. The molecule has 0 saturated heterocycles. The molecule has 1 amide bonds. The Kier molecular flexibility index (Phi) is 3.11. The summed E-state index contributed by atoms with van der Waals surface area (Å²) in [4.78, 5) is 18.3. The van der Waals surface area contributed by atoms with E-state index in [1.54, 1.807) is 12.5 Å². The summed E-state index contributed by atoms with van der Waals surface area (Å²) < 4.78 is 4.17. The molecule has 100 valence electrons. The Morgan fingerprint density at radius 3 is 3.11 bits per heavy atom. The van der Waals surface area contributed by atoms with Gasteiger partial charge in [0.05, 0.1) is 12.4 Å². The minimum atomic E-state index is 0.166. The smallest absolute Gasteiger partial charge is 0.224 e. The first-order valence-corrected chi connectivity index (χ1v) is 6.66. The van der Waals surface area contributed by atoms with Crippen LogP contribution in [0.4, 0.5) is 0 Å². The zero-order chi connectivity index (χ0) is 13.2. The van der Waals surface area contributed by atoms with Crippen molar-refractivity contribution in [2.75, 3.05) is 6.54 Å².